The molecule has 3 aromatic rings. The average Bonchev–Trinajstić information content (AvgIpc) is 3.19. The van der Waals surface area contributed by atoms with Gasteiger partial charge in [-0.3, -0.25) is 4.68 Å². The van der Waals surface area contributed by atoms with E-state index < -0.39 is 0 Å². The van der Waals surface area contributed by atoms with Crippen LogP contribution in [0.5, 0.6) is 0 Å². The summed E-state index contributed by atoms with van der Waals surface area (Å²) in [6.07, 6.45) is 1.82. The van der Waals surface area contributed by atoms with Crippen LogP contribution in [0, 0.1) is 19.7 Å². The average molecular weight is 370 g/mol. The molecule has 0 atom stereocenters. The number of aromatic nitrogens is 5. The van der Waals surface area contributed by atoms with Crippen LogP contribution in [0.25, 0.3) is 17.1 Å². The summed E-state index contributed by atoms with van der Waals surface area (Å²) in [7, 11) is 4.08. The molecular formula is C20H27FN6. The first-order valence-electron chi connectivity index (χ1n) is 9.19. The summed E-state index contributed by atoms with van der Waals surface area (Å²) in [6, 6.07) is 5.13. The molecule has 6 nitrogen and oxygen atoms in total. The van der Waals surface area contributed by atoms with Crippen molar-refractivity contribution in [3.63, 3.8) is 0 Å². The highest BCUT2D eigenvalue weighted by Gasteiger charge is 2.20. The normalized spacial score (nSPS) is 11.7. The number of hydrogen-bond donors (Lipinski definition) is 0. The summed E-state index contributed by atoms with van der Waals surface area (Å²) in [5, 5.41) is 9.16. The van der Waals surface area contributed by atoms with E-state index in [9.17, 15) is 4.39 Å². The highest BCUT2D eigenvalue weighted by atomic mass is 19.1. The summed E-state index contributed by atoms with van der Waals surface area (Å²) >= 11 is 0. The number of halogens is 1. The van der Waals surface area contributed by atoms with Gasteiger partial charge >= 0.3 is 0 Å². The lowest BCUT2D eigenvalue weighted by atomic mass is 10.2. The third-order valence-corrected chi connectivity index (χ3v) is 4.64. The lowest BCUT2D eigenvalue weighted by Gasteiger charge is -2.11. The minimum Gasteiger partial charge on any atom is -0.308 e. The zero-order valence-corrected chi connectivity index (χ0v) is 16.9. The van der Waals surface area contributed by atoms with Gasteiger partial charge < -0.3 is 4.90 Å². The Kier molecular flexibility index (Phi) is 5.41. The van der Waals surface area contributed by atoms with E-state index in [1.807, 2.05) is 51.8 Å². The molecule has 2 aromatic heterocycles. The van der Waals surface area contributed by atoms with Gasteiger partial charge in [0.05, 0.1) is 24.0 Å². The number of nitrogens with zero attached hydrogens (tertiary/aromatic N) is 6. The van der Waals surface area contributed by atoms with E-state index in [1.54, 1.807) is 17.7 Å². The lowest BCUT2D eigenvalue weighted by Crippen LogP contribution is -2.19. The summed E-state index contributed by atoms with van der Waals surface area (Å²) in [4.78, 5) is 6.86. The SMILES string of the molecule is Cc1ccc(-n2nc(C(C)C)nc2-c2cnn(CCN(C)C)c2C)cc1F. The van der Waals surface area contributed by atoms with Gasteiger partial charge in [0.2, 0.25) is 0 Å². The molecule has 0 aliphatic rings. The van der Waals surface area contributed by atoms with Crippen LogP contribution in [-0.4, -0.2) is 50.1 Å². The highest BCUT2D eigenvalue weighted by Crippen LogP contribution is 2.27. The van der Waals surface area contributed by atoms with Gasteiger partial charge in [-0.05, 0) is 45.6 Å². The van der Waals surface area contributed by atoms with Crippen molar-refractivity contribution in [1.82, 2.24) is 29.4 Å². The molecule has 0 amide bonds. The molecule has 0 radical (unpaired) electrons. The molecule has 2 heterocycles. The van der Waals surface area contributed by atoms with Crippen molar-refractivity contribution >= 4 is 0 Å². The van der Waals surface area contributed by atoms with E-state index in [0.717, 1.165) is 30.2 Å². The second kappa shape index (κ2) is 7.60. The minimum atomic E-state index is -0.251. The molecule has 1 aromatic carbocycles. The summed E-state index contributed by atoms with van der Waals surface area (Å²) in [5.41, 5.74) is 3.20. The van der Waals surface area contributed by atoms with Crippen LogP contribution in [0.1, 0.15) is 36.8 Å². The maximum atomic E-state index is 14.1. The van der Waals surface area contributed by atoms with E-state index in [2.05, 4.69) is 15.1 Å². The van der Waals surface area contributed by atoms with Crippen molar-refractivity contribution < 1.29 is 4.39 Å². The molecule has 3 rings (SSSR count). The number of benzene rings is 1. The quantitative estimate of drug-likeness (QED) is 0.666. The second-order valence-corrected chi connectivity index (χ2v) is 7.46. The fourth-order valence-electron chi connectivity index (χ4n) is 2.83. The van der Waals surface area contributed by atoms with Crippen molar-refractivity contribution in [2.75, 3.05) is 20.6 Å². The Morgan fingerprint density at radius 2 is 1.93 bits per heavy atom. The molecule has 0 bridgehead atoms. The van der Waals surface area contributed by atoms with E-state index in [0.29, 0.717) is 17.1 Å². The first-order chi connectivity index (χ1) is 12.8. The van der Waals surface area contributed by atoms with Crippen LogP contribution >= 0.6 is 0 Å². The standard InChI is InChI=1S/C20H27FN6/c1-13(2)19-23-20(17-12-22-26(15(17)4)10-9-25(5)6)27(24-19)16-8-7-14(3)18(21)11-16/h7-8,11-13H,9-10H2,1-6H3. The van der Waals surface area contributed by atoms with Gasteiger partial charge in [-0.15, -0.1) is 0 Å². The van der Waals surface area contributed by atoms with Crippen molar-refractivity contribution in [2.45, 2.75) is 40.2 Å². The van der Waals surface area contributed by atoms with Crippen LogP contribution in [0.3, 0.4) is 0 Å². The molecule has 0 saturated heterocycles. The van der Waals surface area contributed by atoms with Crippen LogP contribution < -0.4 is 0 Å². The van der Waals surface area contributed by atoms with Gasteiger partial charge in [-0.2, -0.15) is 10.2 Å². The smallest absolute Gasteiger partial charge is 0.166 e. The first kappa shape index (κ1) is 19.2. The summed E-state index contributed by atoms with van der Waals surface area (Å²) in [6.45, 7) is 9.57. The summed E-state index contributed by atoms with van der Waals surface area (Å²) in [5.74, 6) is 1.34. The Hall–Kier alpha value is -2.54. The van der Waals surface area contributed by atoms with Gasteiger partial charge in [0.1, 0.15) is 5.82 Å². The predicted molar refractivity (Wildman–Crippen MR) is 105 cm³/mol. The van der Waals surface area contributed by atoms with E-state index in [-0.39, 0.29) is 11.7 Å². The molecule has 144 valence electrons. The van der Waals surface area contributed by atoms with Gasteiger partial charge in [-0.25, -0.2) is 14.1 Å². The van der Waals surface area contributed by atoms with Crippen molar-refractivity contribution in [3.05, 3.63) is 47.3 Å². The van der Waals surface area contributed by atoms with Crippen LogP contribution in [0.15, 0.2) is 24.4 Å². The lowest BCUT2D eigenvalue weighted by molar-refractivity contribution is 0.371. The van der Waals surface area contributed by atoms with Gasteiger partial charge in [0.25, 0.3) is 0 Å². The Morgan fingerprint density at radius 1 is 1.19 bits per heavy atom. The third kappa shape index (κ3) is 3.93. The molecule has 0 N–H and O–H groups in total. The van der Waals surface area contributed by atoms with Crippen molar-refractivity contribution in [3.8, 4) is 17.1 Å². The molecule has 0 fully saturated rings. The highest BCUT2D eigenvalue weighted by molar-refractivity contribution is 5.60. The molecule has 0 spiro atoms. The number of likely N-dealkylation sites (N-methyl/N-ethyl adjacent to an activating group) is 1. The monoisotopic (exact) mass is 370 g/mol. The van der Waals surface area contributed by atoms with Gasteiger partial charge in [-0.1, -0.05) is 19.9 Å². The van der Waals surface area contributed by atoms with E-state index in [1.165, 1.54) is 6.07 Å². The predicted octanol–water partition coefficient (Wildman–Crippen LogP) is 3.57. The van der Waals surface area contributed by atoms with Crippen LogP contribution in [0.2, 0.25) is 0 Å². The maximum absolute atomic E-state index is 14.1. The molecule has 7 heteroatoms. The Bertz CT molecular complexity index is 938. The fraction of sp³-hybridized carbons (Fsp3) is 0.450. The zero-order chi connectivity index (χ0) is 19.7. The molecule has 0 unspecified atom stereocenters. The van der Waals surface area contributed by atoms with Crippen molar-refractivity contribution in [1.29, 1.82) is 0 Å². The molecular weight excluding hydrogens is 343 g/mol. The molecule has 0 aliphatic carbocycles. The summed E-state index contributed by atoms with van der Waals surface area (Å²) < 4.78 is 17.8. The number of aryl methyl sites for hydroxylation is 1. The molecule has 27 heavy (non-hydrogen) atoms. The third-order valence-electron chi connectivity index (χ3n) is 4.64. The Labute approximate surface area is 159 Å². The minimum absolute atomic E-state index is 0.171. The zero-order valence-electron chi connectivity index (χ0n) is 16.9. The van der Waals surface area contributed by atoms with Crippen LogP contribution in [0.4, 0.5) is 4.39 Å². The topological polar surface area (TPSA) is 51.8 Å². The Morgan fingerprint density at radius 3 is 2.56 bits per heavy atom. The largest absolute Gasteiger partial charge is 0.308 e. The van der Waals surface area contributed by atoms with Crippen LogP contribution in [-0.2, 0) is 6.54 Å². The van der Waals surface area contributed by atoms with E-state index in [4.69, 9.17) is 4.98 Å². The Balaban J connectivity index is 2.08. The number of rotatable bonds is 6. The van der Waals surface area contributed by atoms with Gasteiger partial charge in [0.15, 0.2) is 11.6 Å². The van der Waals surface area contributed by atoms with E-state index >= 15 is 0 Å². The van der Waals surface area contributed by atoms with Gasteiger partial charge in [0, 0.05) is 18.2 Å². The second-order valence-electron chi connectivity index (χ2n) is 7.46. The first-order valence-corrected chi connectivity index (χ1v) is 9.19. The van der Waals surface area contributed by atoms with Crippen molar-refractivity contribution in [2.24, 2.45) is 0 Å². The maximum Gasteiger partial charge on any atom is 0.166 e. The number of hydrogen-bond acceptors (Lipinski definition) is 4. The molecule has 0 saturated carbocycles. The fourth-order valence-corrected chi connectivity index (χ4v) is 2.83. The molecule has 0 aliphatic heterocycles.